The van der Waals surface area contributed by atoms with E-state index in [1.165, 1.54) is 51.4 Å². The van der Waals surface area contributed by atoms with Crippen molar-refractivity contribution in [1.29, 1.82) is 0 Å². The van der Waals surface area contributed by atoms with Gasteiger partial charge in [0.15, 0.2) is 0 Å². The average Bonchev–Trinajstić information content (AvgIpc) is 3.22. The summed E-state index contributed by atoms with van der Waals surface area (Å²) >= 11 is 9.84. The zero-order chi connectivity index (χ0) is 54.9. The third-order valence-corrected chi connectivity index (χ3v) is 29.5. The van der Waals surface area contributed by atoms with Gasteiger partial charge < -0.3 is 59.0 Å². The molecule has 3 rings (SSSR count). The number of hydrogen-bond acceptors (Lipinski definition) is 4. The van der Waals surface area contributed by atoms with Gasteiger partial charge in [-0.2, -0.15) is 13.1 Å². The molecule has 0 amide bonds. The maximum atomic E-state index is 7.75. The molecule has 2 unspecified atom stereocenters. The largest absolute Gasteiger partial charge is 4.00 e. The molecule has 2 aliphatic heterocycles. The summed E-state index contributed by atoms with van der Waals surface area (Å²) in [6.45, 7) is 73.0. The SMILES string of the molecule is CC(C)[PH+](C(C)C)C(C)C.CC(C)[PH+](C(C)C)C(C)C.CC(C)[PH+](C(C)C)C(C)C.CC(C)[PH+](C(C)C)C(C)C.CO.[CH-]=CC1CCC(C=[CH-])CC1.[CH-]=O.[Ru+3].[Ru+4].[S-]C1CCCC[N-]1.[S-]C1CCCC[N-]1. The summed E-state index contributed by atoms with van der Waals surface area (Å²) in [6, 6.07) is 0. The van der Waals surface area contributed by atoms with Gasteiger partial charge in [0.1, 0.15) is 0 Å². The van der Waals surface area contributed by atoms with E-state index in [0.717, 1.165) is 101 Å². The van der Waals surface area contributed by atoms with Crippen LogP contribution in [0.4, 0.5) is 0 Å². The van der Waals surface area contributed by atoms with Crippen LogP contribution in [-0.2, 0) is 69.0 Å². The molecule has 2 atom stereocenters. The van der Waals surface area contributed by atoms with Crippen LogP contribution in [0.5, 0.6) is 0 Å². The third-order valence-electron chi connectivity index (χ3n) is 12.7. The first kappa shape index (κ1) is 89.3. The van der Waals surface area contributed by atoms with E-state index in [9.17, 15) is 0 Å². The molecule has 2 heterocycles. The molecule has 0 aromatic heterocycles. The van der Waals surface area contributed by atoms with Gasteiger partial charge in [-0.1, -0.05) is 50.4 Å². The quantitative estimate of drug-likeness (QED) is 0.0619. The molecule has 3 aliphatic rings. The van der Waals surface area contributed by atoms with E-state index in [-0.39, 0.29) is 81.4 Å². The summed E-state index contributed by atoms with van der Waals surface area (Å²) in [5.74, 6) is 1.30. The van der Waals surface area contributed by atoms with Crippen LogP contribution in [0.25, 0.3) is 10.6 Å². The van der Waals surface area contributed by atoms with Crippen LogP contribution < -0.4 is 0 Å². The summed E-state index contributed by atoms with van der Waals surface area (Å²) in [5.41, 5.74) is 11.2. The minimum Gasteiger partial charge on any atom is -0.812 e. The van der Waals surface area contributed by atoms with E-state index in [1.54, 1.807) is 0 Å². The smallest absolute Gasteiger partial charge is 0.812 e. The van der Waals surface area contributed by atoms with Crippen molar-refractivity contribution >= 4 is 63.7 Å². The molecule has 423 valence electrons. The van der Waals surface area contributed by atoms with Crippen LogP contribution >= 0.6 is 31.7 Å². The van der Waals surface area contributed by atoms with Crippen molar-refractivity contribution in [3.63, 3.8) is 0 Å². The fraction of sp³-hybridized carbons (Fsp3) is 0.914. The summed E-state index contributed by atoms with van der Waals surface area (Å²) < 4.78 is 0. The summed E-state index contributed by atoms with van der Waals surface area (Å²) in [4.78, 5) is 7.75. The molecule has 0 aromatic rings. The van der Waals surface area contributed by atoms with Gasteiger partial charge in [-0.15, -0.1) is 0 Å². The molecule has 0 aromatic carbocycles. The van der Waals surface area contributed by atoms with E-state index in [2.05, 4.69) is 184 Å². The second kappa shape index (κ2) is 57.9. The molecule has 1 aliphatic carbocycles. The Bertz CT molecular complexity index is 848. The van der Waals surface area contributed by atoms with Crippen LogP contribution in [0.15, 0.2) is 12.2 Å². The van der Waals surface area contributed by atoms with E-state index in [0.29, 0.717) is 11.8 Å². The van der Waals surface area contributed by atoms with E-state index < -0.39 is 0 Å². The monoisotopic (exact) mass is 1270 g/mol. The van der Waals surface area contributed by atoms with Crippen molar-refractivity contribution in [2.45, 2.75) is 309 Å². The molecule has 1 saturated carbocycles. The van der Waals surface area contributed by atoms with Crippen molar-refractivity contribution in [2.24, 2.45) is 11.8 Å². The summed E-state index contributed by atoms with van der Waals surface area (Å²) in [7, 11) is 0.617. The number of rotatable bonds is 14. The Morgan fingerprint density at radius 3 is 0.600 bits per heavy atom. The van der Waals surface area contributed by atoms with Gasteiger partial charge in [-0.05, 0) is 192 Å². The maximum Gasteiger partial charge on any atom is 4.00 e. The van der Waals surface area contributed by atoms with E-state index in [4.69, 9.17) is 48.3 Å². The third kappa shape index (κ3) is 52.7. The van der Waals surface area contributed by atoms with E-state index in [1.807, 2.05) is 12.2 Å². The number of hydrogen-bond donors (Lipinski definition) is 1. The molecule has 12 heteroatoms. The second-order valence-electron chi connectivity index (χ2n) is 22.6. The molecule has 3 fully saturated rings. The van der Waals surface area contributed by atoms with Gasteiger partial charge in [0.05, 0.1) is 67.9 Å². The summed E-state index contributed by atoms with van der Waals surface area (Å²) in [6.07, 6.45) is 15.9. The average molecular weight is 1270 g/mol. The van der Waals surface area contributed by atoms with Gasteiger partial charge in [0.2, 0.25) is 0 Å². The first-order chi connectivity index (χ1) is 31.5. The van der Waals surface area contributed by atoms with Gasteiger partial charge in [0.25, 0.3) is 0 Å². The van der Waals surface area contributed by atoms with Crippen LogP contribution in [0.2, 0.25) is 0 Å². The number of piperidine rings is 2. The Kier molecular flexibility index (Phi) is 73.8. The van der Waals surface area contributed by atoms with Crippen molar-refractivity contribution < 1.29 is 48.9 Å². The number of aliphatic hydroxyl groups is 1. The standard InChI is InChI=1S/C10H14.4C9H21P.2C5H10NS.CH4O.CHO.2Ru/c1-3-9-5-7-10(4-2)8-6-9;4*1-7(2)10(8(3)4)9(5)6;2*7-5-3-1-2-4-6-5;2*1-2;;/h1-4,9-10H,5-8H2;4*7-9H,1-6H3;2*5,7H,1-4H2;2H,1H3;1H;;/q-2;;;;;2*-1;;-1;+3;+4/p+2. The first-order valence-electron chi connectivity index (χ1n) is 27.4. The zero-order valence-electron chi connectivity index (χ0n) is 50.9. The number of nitrogens with zero attached hydrogens (tertiary/aromatic N) is 2. The van der Waals surface area contributed by atoms with Crippen molar-refractivity contribution in [2.75, 3.05) is 20.2 Å². The molecule has 2 saturated heterocycles. The maximum absolute atomic E-state index is 7.75. The Labute approximate surface area is 485 Å². The van der Waals surface area contributed by atoms with Crippen LogP contribution in [0.1, 0.15) is 230 Å². The molecule has 70 heavy (non-hydrogen) atoms. The van der Waals surface area contributed by atoms with Gasteiger partial charge in [0, 0.05) is 38.8 Å². The topological polar surface area (TPSA) is 65.5 Å². The Morgan fingerprint density at radius 1 is 0.386 bits per heavy atom. The van der Waals surface area contributed by atoms with Crippen LogP contribution in [0, 0.1) is 25.0 Å². The van der Waals surface area contributed by atoms with Crippen LogP contribution in [0.3, 0.4) is 0 Å². The number of aliphatic hydroxyl groups excluding tert-OH is 1. The molecule has 1 radical (unpaired) electrons. The number of carbonyl (C=O) groups excluding carboxylic acids is 1. The van der Waals surface area contributed by atoms with E-state index >= 15 is 0 Å². The number of allylic oxidation sites excluding steroid dienone is 2. The molecular weight excluding hydrogens is 1150 g/mol. The predicted molar refractivity (Wildman–Crippen MR) is 339 cm³/mol. The predicted octanol–water partition coefficient (Wildman–Crippen LogP) is 18.6. The second-order valence-corrected chi connectivity index (χ2v) is 41.6. The fourth-order valence-electron chi connectivity index (χ4n) is 11.0. The summed E-state index contributed by atoms with van der Waals surface area (Å²) in [5, 5.41) is 15.8. The molecule has 0 bridgehead atoms. The van der Waals surface area contributed by atoms with Gasteiger partial charge in [-0.3, -0.25) is 29.7 Å². The molecular formula is C58H125N2O2P4Ru2S2+4. The Morgan fingerprint density at radius 2 is 0.543 bits per heavy atom. The Balaban J connectivity index is -0.000000105. The van der Waals surface area contributed by atoms with Crippen molar-refractivity contribution in [3.8, 4) is 0 Å². The van der Waals surface area contributed by atoms with Crippen molar-refractivity contribution in [3.05, 3.63) is 35.9 Å². The fourth-order valence-corrected chi connectivity index (χ4v) is 27.6. The van der Waals surface area contributed by atoms with Crippen LogP contribution in [-0.4, -0.2) is 111 Å². The van der Waals surface area contributed by atoms with Crippen molar-refractivity contribution in [1.82, 2.24) is 0 Å². The molecule has 1 N–H and O–H groups in total. The van der Waals surface area contributed by atoms with Gasteiger partial charge >= 0.3 is 39.0 Å². The van der Waals surface area contributed by atoms with Gasteiger partial charge in [-0.25, -0.2) is 0 Å². The molecule has 4 nitrogen and oxygen atoms in total. The first-order valence-corrected chi connectivity index (χ1v) is 35.3. The Hall–Kier alpha value is 2.70. The zero-order valence-corrected chi connectivity index (χ0v) is 60.0. The minimum absolute atomic E-state index is 0. The normalized spacial score (nSPS) is 18.7. The molecule has 0 spiro atoms. The minimum atomic E-state index is -0.0957.